The van der Waals surface area contributed by atoms with Crippen molar-refractivity contribution in [2.45, 2.75) is 25.3 Å². The Kier molecular flexibility index (Phi) is 3.85. The van der Waals surface area contributed by atoms with Gasteiger partial charge in [0.1, 0.15) is 0 Å². The average molecular weight is 294 g/mol. The third kappa shape index (κ3) is 2.50. The number of rotatable bonds is 2. The summed E-state index contributed by atoms with van der Waals surface area (Å²) in [6, 6.07) is 5.72. The van der Waals surface area contributed by atoms with Crippen LogP contribution in [-0.4, -0.2) is 47.9 Å². The standard InChI is InChI=1S/C15H20ClN3O/c16-12-4-3-5-13(17)14(12)15(20)19-9-6-11(10-19)18-7-1-2-8-18/h3-5,11H,1-2,6-10,17H2. The van der Waals surface area contributed by atoms with Crippen LogP contribution in [0.15, 0.2) is 18.2 Å². The molecule has 1 atom stereocenters. The fourth-order valence-electron chi connectivity index (χ4n) is 3.26. The van der Waals surface area contributed by atoms with Crippen LogP contribution in [0.1, 0.15) is 29.6 Å². The van der Waals surface area contributed by atoms with Gasteiger partial charge in [-0.3, -0.25) is 9.69 Å². The lowest BCUT2D eigenvalue weighted by molar-refractivity contribution is 0.0781. The molecule has 0 aromatic heterocycles. The Bertz CT molecular complexity index is 494. The van der Waals surface area contributed by atoms with E-state index in [0.29, 0.717) is 22.3 Å². The summed E-state index contributed by atoms with van der Waals surface area (Å²) in [5.41, 5.74) is 6.82. The van der Waals surface area contributed by atoms with Crippen molar-refractivity contribution in [3.63, 3.8) is 0 Å². The van der Waals surface area contributed by atoms with Gasteiger partial charge in [-0.05, 0) is 44.5 Å². The van der Waals surface area contributed by atoms with Gasteiger partial charge in [0.05, 0.1) is 10.6 Å². The maximum absolute atomic E-state index is 12.6. The summed E-state index contributed by atoms with van der Waals surface area (Å²) < 4.78 is 0. The zero-order valence-electron chi connectivity index (χ0n) is 11.5. The molecule has 2 aliphatic rings. The minimum Gasteiger partial charge on any atom is -0.398 e. The number of carbonyl (C=O) groups excluding carboxylic acids is 1. The van der Waals surface area contributed by atoms with Crippen molar-refractivity contribution in [2.75, 3.05) is 31.9 Å². The summed E-state index contributed by atoms with van der Waals surface area (Å²) in [5.74, 6) is -0.0326. The van der Waals surface area contributed by atoms with Crippen molar-refractivity contribution in [3.05, 3.63) is 28.8 Å². The highest BCUT2D eigenvalue weighted by Crippen LogP contribution is 2.27. The lowest BCUT2D eigenvalue weighted by Crippen LogP contribution is -2.37. The van der Waals surface area contributed by atoms with Crippen LogP contribution < -0.4 is 5.73 Å². The van der Waals surface area contributed by atoms with Crippen LogP contribution in [0, 0.1) is 0 Å². The van der Waals surface area contributed by atoms with Gasteiger partial charge in [0.15, 0.2) is 0 Å². The highest BCUT2D eigenvalue weighted by molar-refractivity contribution is 6.34. The van der Waals surface area contributed by atoms with Gasteiger partial charge in [0.25, 0.3) is 5.91 Å². The minimum absolute atomic E-state index is 0.0326. The Balaban J connectivity index is 1.72. The number of hydrogen-bond acceptors (Lipinski definition) is 3. The second kappa shape index (κ2) is 5.62. The Hall–Kier alpha value is -1.26. The Morgan fingerprint density at radius 3 is 2.70 bits per heavy atom. The van der Waals surface area contributed by atoms with E-state index in [1.807, 2.05) is 4.90 Å². The van der Waals surface area contributed by atoms with Gasteiger partial charge in [-0.25, -0.2) is 0 Å². The second-order valence-corrected chi connectivity index (χ2v) is 6.05. The van der Waals surface area contributed by atoms with E-state index in [1.165, 1.54) is 25.9 Å². The number of hydrogen-bond donors (Lipinski definition) is 1. The Labute approximate surface area is 124 Å². The van der Waals surface area contributed by atoms with Crippen molar-refractivity contribution in [1.82, 2.24) is 9.80 Å². The van der Waals surface area contributed by atoms with E-state index in [4.69, 9.17) is 17.3 Å². The molecule has 0 spiro atoms. The fourth-order valence-corrected chi connectivity index (χ4v) is 3.52. The molecule has 5 heteroatoms. The third-order valence-corrected chi connectivity index (χ3v) is 4.68. The lowest BCUT2D eigenvalue weighted by Gasteiger charge is -2.24. The van der Waals surface area contributed by atoms with Crippen molar-refractivity contribution in [3.8, 4) is 0 Å². The Morgan fingerprint density at radius 2 is 2.00 bits per heavy atom. The van der Waals surface area contributed by atoms with Crippen molar-refractivity contribution in [1.29, 1.82) is 0 Å². The SMILES string of the molecule is Nc1cccc(Cl)c1C(=O)N1CCC(N2CCCC2)C1. The molecule has 1 aromatic rings. The highest BCUT2D eigenvalue weighted by Gasteiger charge is 2.33. The van der Waals surface area contributed by atoms with Crippen LogP contribution in [-0.2, 0) is 0 Å². The number of anilines is 1. The summed E-state index contributed by atoms with van der Waals surface area (Å²) >= 11 is 6.13. The summed E-state index contributed by atoms with van der Waals surface area (Å²) in [6.07, 6.45) is 3.61. The molecule has 0 radical (unpaired) electrons. The molecule has 2 N–H and O–H groups in total. The number of halogens is 1. The van der Waals surface area contributed by atoms with E-state index >= 15 is 0 Å². The predicted octanol–water partition coefficient (Wildman–Crippen LogP) is 2.23. The molecule has 2 aliphatic heterocycles. The third-order valence-electron chi connectivity index (χ3n) is 4.37. The summed E-state index contributed by atoms with van der Waals surface area (Å²) in [5, 5.41) is 0.444. The van der Waals surface area contributed by atoms with E-state index in [2.05, 4.69) is 4.90 Å². The number of amides is 1. The van der Waals surface area contributed by atoms with E-state index < -0.39 is 0 Å². The maximum atomic E-state index is 12.6. The fraction of sp³-hybridized carbons (Fsp3) is 0.533. The monoisotopic (exact) mass is 293 g/mol. The minimum atomic E-state index is -0.0326. The molecule has 2 heterocycles. The largest absolute Gasteiger partial charge is 0.398 e. The molecular weight excluding hydrogens is 274 g/mol. The maximum Gasteiger partial charge on any atom is 0.257 e. The summed E-state index contributed by atoms with van der Waals surface area (Å²) in [4.78, 5) is 17.0. The molecule has 2 saturated heterocycles. The molecule has 108 valence electrons. The molecule has 1 unspecified atom stereocenters. The average Bonchev–Trinajstić information content (AvgIpc) is 3.09. The van der Waals surface area contributed by atoms with E-state index in [9.17, 15) is 4.79 Å². The van der Waals surface area contributed by atoms with E-state index in [1.54, 1.807) is 18.2 Å². The van der Waals surface area contributed by atoms with Crippen LogP contribution in [0.25, 0.3) is 0 Å². The number of nitrogens with two attached hydrogens (primary N) is 1. The quantitative estimate of drug-likeness (QED) is 0.851. The lowest BCUT2D eigenvalue weighted by atomic mass is 10.1. The van der Waals surface area contributed by atoms with E-state index in [-0.39, 0.29) is 5.91 Å². The topological polar surface area (TPSA) is 49.6 Å². The molecular formula is C15H20ClN3O. The van der Waals surface area contributed by atoms with Gasteiger partial charge >= 0.3 is 0 Å². The summed E-state index contributed by atoms with van der Waals surface area (Å²) in [6.45, 7) is 3.93. The predicted molar refractivity (Wildman–Crippen MR) is 81.0 cm³/mol. The molecule has 0 bridgehead atoms. The Morgan fingerprint density at radius 1 is 1.25 bits per heavy atom. The van der Waals surface area contributed by atoms with Gasteiger partial charge in [-0.1, -0.05) is 17.7 Å². The second-order valence-electron chi connectivity index (χ2n) is 5.64. The first-order chi connectivity index (χ1) is 9.66. The van der Waals surface area contributed by atoms with Gasteiger partial charge in [-0.2, -0.15) is 0 Å². The van der Waals surface area contributed by atoms with Gasteiger partial charge in [0.2, 0.25) is 0 Å². The first kappa shape index (κ1) is 13.7. The number of nitrogen functional groups attached to an aromatic ring is 1. The molecule has 1 amide bonds. The highest BCUT2D eigenvalue weighted by atomic mass is 35.5. The zero-order valence-corrected chi connectivity index (χ0v) is 12.3. The van der Waals surface area contributed by atoms with Crippen LogP contribution in [0.5, 0.6) is 0 Å². The molecule has 20 heavy (non-hydrogen) atoms. The molecule has 0 saturated carbocycles. The zero-order chi connectivity index (χ0) is 14.1. The van der Waals surface area contributed by atoms with Crippen LogP contribution in [0.2, 0.25) is 5.02 Å². The van der Waals surface area contributed by atoms with Gasteiger partial charge in [0, 0.05) is 24.8 Å². The van der Waals surface area contributed by atoms with Crippen molar-refractivity contribution < 1.29 is 4.79 Å². The normalized spacial score (nSPS) is 23.4. The molecule has 2 fully saturated rings. The molecule has 3 rings (SSSR count). The number of likely N-dealkylation sites (tertiary alicyclic amines) is 2. The summed E-state index contributed by atoms with van der Waals surface area (Å²) in [7, 11) is 0. The number of benzene rings is 1. The van der Waals surface area contributed by atoms with Crippen LogP contribution in [0.4, 0.5) is 5.69 Å². The first-order valence-electron chi connectivity index (χ1n) is 7.24. The molecule has 1 aromatic carbocycles. The van der Waals surface area contributed by atoms with Crippen LogP contribution >= 0.6 is 11.6 Å². The number of nitrogens with zero attached hydrogens (tertiary/aromatic N) is 2. The number of carbonyl (C=O) groups is 1. The van der Waals surface area contributed by atoms with Crippen molar-refractivity contribution in [2.24, 2.45) is 0 Å². The van der Waals surface area contributed by atoms with Crippen LogP contribution in [0.3, 0.4) is 0 Å². The first-order valence-corrected chi connectivity index (χ1v) is 7.62. The smallest absolute Gasteiger partial charge is 0.257 e. The molecule has 0 aliphatic carbocycles. The van der Waals surface area contributed by atoms with Gasteiger partial charge < -0.3 is 10.6 Å². The van der Waals surface area contributed by atoms with Crippen molar-refractivity contribution >= 4 is 23.2 Å². The van der Waals surface area contributed by atoms with Gasteiger partial charge in [-0.15, -0.1) is 0 Å². The van der Waals surface area contributed by atoms with E-state index in [0.717, 1.165) is 19.5 Å². The molecule has 4 nitrogen and oxygen atoms in total.